The van der Waals surface area contributed by atoms with Gasteiger partial charge < -0.3 is 9.88 Å². The van der Waals surface area contributed by atoms with Gasteiger partial charge >= 0.3 is 6.03 Å². The fourth-order valence-electron chi connectivity index (χ4n) is 5.08. The quantitative estimate of drug-likeness (QED) is 0.515. The van der Waals surface area contributed by atoms with Crippen LogP contribution in [0.2, 0.25) is 0 Å². The van der Waals surface area contributed by atoms with Crippen molar-refractivity contribution in [2.45, 2.75) is 52.1 Å². The Hall–Kier alpha value is -2.94. The Balaban J connectivity index is 1.59. The number of hydrogen-bond donors (Lipinski definition) is 1. The molecule has 0 unspecified atom stereocenters. The zero-order valence-corrected chi connectivity index (χ0v) is 20.2. The third-order valence-electron chi connectivity index (χ3n) is 6.91. The van der Waals surface area contributed by atoms with Crippen LogP contribution in [0, 0.1) is 20.8 Å². The average molecular weight is 472 g/mol. The SMILES string of the molecule is CC[C@@]1(c2ccc(C)cc2)NC(=O)N(CC(=O)c2cc(C)n([C@H]3CCS(=O)(=O)C3)c2C)C1=O. The van der Waals surface area contributed by atoms with E-state index in [9.17, 15) is 22.8 Å². The van der Waals surface area contributed by atoms with Gasteiger partial charge in [0, 0.05) is 23.0 Å². The highest BCUT2D eigenvalue weighted by atomic mass is 32.2. The maximum atomic E-state index is 13.4. The van der Waals surface area contributed by atoms with Crippen molar-refractivity contribution >= 4 is 27.6 Å². The molecule has 3 amide bonds. The molecule has 0 aliphatic carbocycles. The third kappa shape index (κ3) is 3.88. The molecule has 1 N–H and O–H groups in total. The van der Waals surface area contributed by atoms with Gasteiger partial charge in [0.05, 0.1) is 18.1 Å². The van der Waals surface area contributed by atoms with Crippen LogP contribution in [-0.4, -0.2) is 53.7 Å². The van der Waals surface area contributed by atoms with Crippen LogP contribution in [0.1, 0.15) is 58.7 Å². The second-order valence-corrected chi connectivity index (χ2v) is 11.3. The number of aromatic nitrogens is 1. The van der Waals surface area contributed by atoms with E-state index >= 15 is 0 Å². The number of urea groups is 1. The average Bonchev–Trinajstić information content (AvgIpc) is 3.35. The summed E-state index contributed by atoms with van der Waals surface area (Å²) in [5, 5.41) is 2.81. The second-order valence-electron chi connectivity index (χ2n) is 9.08. The summed E-state index contributed by atoms with van der Waals surface area (Å²) in [6, 6.07) is 8.34. The molecule has 176 valence electrons. The number of imide groups is 1. The van der Waals surface area contributed by atoms with E-state index in [4.69, 9.17) is 0 Å². The molecule has 2 aromatic rings. The normalized spacial score (nSPS) is 24.4. The smallest absolute Gasteiger partial charge is 0.325 e. The number of ketones is 1. The number of carbonyl (C=O) groups excluding carboxylic acids is 3. The van der Waals surface area contributed by atoms with E-state index in [1.807, 2.05) is 49.6 Å². The predicted octanol–water partition coefficient (Wildman–Crippen LogP) is 2.81. The molecule has 0 spiro atoms. The molecule has 9 heteroatoms. The molecule has 1 aromatic heterocycles. The Morgan fingerprint density at radius 3 is 2.39 bits per heavy atom. The molecule has 3 heterocycles. The molecule has 2 aliphatic heterocycles. The molecule has 0 radical (unpaired) electrons. The molecular formula is C24H29N3O5S. The zero-order valence-electron chi connectivity index (χ0n) is 19.3. The highest BCUT2D eigenvalue weighted by molar-refractivity contribution is 7.91. The Labute approximate surface area is 193 Å². The molecule has 2 saturated heterocycles. The fourth-order valence-corrected chi connectivity index (χ4v) is 6.78. The van der Waals surface area contributed by atoms with Gasteiger partial charge in [-0.1, -0.05) is 36.8 Å². The van der Waals surface area contributed by atoms with Crippen LogP contribution in [0.25, 0.3) is 0 Å². The van der Waals surface area contributed by atoms with Gasteiger partial charge in [-0.25, -0.2) is 13.2 Å². The van der Waals surface area contributed by atoms with Crippen molar-refractivity contribution in [3.8, 4) is 0 Å². The van der Waals surface area contributed by atoms with Gasteiger partial charge in [0.2, 0.25) is 0 Å². The Kier molecular flexibility index (Phi) is 5.72. The monoisotopic (exact) mass is 471 g/mol. The fraction of sp³-hybridized carbons (Fsp3) is 0.458. The van der Waals surface area contributed by atoms with Gasteiger partial charge in [-0.05, 0) is 45.2 Å². The Morgan fingerprint density at radius 2 is 1.82 bits per heavy atom. The number of benzene rings is 1. The van der Waals surface area contributed by atoms with E-state index < -0.39 is 27.3 Å². The summed E-state index contributed by atoms with van der Waals surface area (Å²) < 4.78 is 25.8. The number of nitrogens with one attached hydrogen (secondary N) is 1. The van der Waals surface area contributed by atoms with Crippen molar-refractivity contribution in [2.24, 2.45) is 0 Å². The third-order valence-corrected chi connectivity index (χ3v) is 8.66. The van der Waals surface area contributed by atoms with Gasteiger partial charge in [-0.15, -0.1) is 0 Å². The van der Waals surface area contributed by atoms with Gasteiger partial charge in [0.25, 0.3) is 5.91 Å². The molecule has 33 heavy (non-hydrogen) atoms. The molecule has 2 fully saturated rings. The molecule has 4 rings (SSSR count). The van der Waals surface area contributed by atoms with Crippen molar-refractivity contribution in [2.75, 3.05) is 18.1 Å². The molecule has 0 bridgehead atoms. The predicted molar refractivity (Wildman–Crippen MR) is 124 cm³/mol. The van der Waals surface area contributed by atoms with Crippen LogP contribution < -0.4 is 5.32 Å². The number of sulfone groups is 1. The topological polar surface area (TPSA) is 106 Å². The summed E-state index contributed by atoms with van der Waals surface area (Å²) >= 11 is 0. The second kappa shape index (κ2) is 8.13. The first-order chi connectivity index (χ1) is 15.5. The van der Waals surface area contributed by atoms with Crippen molar-refractivity contribution in [1.29, 1.82) is 0 Å². The first-order valence-corrected chi connectivity index (χ1v) is 12.9. The van der Waals surface area contributed by atoms with Gasteiger partial charge in [-0.2, -0.15) is 0 Å². The number of hydrogen-bond acceptors (Lipinski definition) is 5. The van der Waals surface area contributed by atoms with E-state index in [1.165, 1.54) is 0 Å². The molecule has 1 aromatic carbocycles. The first kappa shape index (κ1) is 23.2. The molecule has 0 saturated carbocycles. The molecule has 2 aliphatic rings. The van der Waals surface area contributed by atoms with Gasteiger partial charge in [0.1, 0.15) is 5.54 Å². The maximum Gasteiger partial charge on any atom is 0.325 e. The van der Waals surface area contributed by atoms with E-state index in [-0.39, 0.29) is 29.9 Å². The lowest BCUT2D eigenvalue weighted by molar-refractivity contribution is -0.131. The Morgan fingerprint density at radius 1 is 1.15 bits per heavy atom. The van der Waals surface area contributed by atoms with E-state index in [2.05, 4.69) is 5.32 Å². The summed E-state index contributed by atoms with van der Waals surface area (Å²) in [6.45, 7) is 7.01. The minimum absolute atomic E-state index is 0.0551. The van der Waals surface area contributed by atoms with E-state index in [0.717, 1.165) is 16.2 Å². The van der Waals surface area contributed by atoms with Crippen molar-refractivity contribution in [3.05, 3.63) is 58.4 Å². The number of Topliss-reactive ketones (excluding diaryl/α,β-unsaturated/α-hetero) is 1. The van der Waals surface area contributed by atoms with Crippen LogP contribution in [-0.2, 0) is 20.2 Å². The maximum absolute atomic E-state index is 13.4. The van der Waals surface area contributed by atoms with Crippen LogP contribution in [0.15, 0.2) is 30.3 Å². The largest absolute Gasteiger partial charge is 0.344 e. The highest BCUT2D eigenvalue weighted by Crippen LogP contribution is 2.33. The molecule has 8 nitrogen and oxygen atoms in total. The first-order valence-electron chi connectivity index (χ1n) is 11.1. The Bertz CT molecular complexity index is 1250. The lowest BCUT2D eigenvalue weighted by atomic mass is 9.86. The minimum atomic E-state index is -3.08. The summed E-state index contributed by atoms with van der Waals surface area (Å²) in [7, 11) is -3.08. The van der Waals surface area contributed by atoms with Crippen LogP contribution in [0.3, 0.4) is 0 Å². The lowest BCUT2D eigenvalue weighted by Gasteiger charge is -2.26. The lowest BCUT2D eigenvalue weighted by Crippen LogP contribution is -2.43. The summed E-state index contributed by atoms with van der Waals surface area (Å²) in [5.74, 6) is -0.601. The minimum Gasteiger partial charge on any atom is -0.344 e. The van der Waals surface area contributed by atoms with Crippen molar-refractivity contribution in [3.63, 3.8) is 0 Å². The number of nitrogens with zero attached hydrogens (tertiary/aromatic N) is 2. The number of carbonyl (C=O) groups is 3. The van der Waals surface area contributed by atoms with Crippen molar-refractivity contribution < 1.29 is 22.8 Å². The van der Waals surface area contributed by atoms with Crippen molar-refractivity contribution in [1.82, 2.24) is 14.8 Å². The number of rotatable bonds is 6. The van der Waals surface area contributed by atoms with Gasteiger partial charge in [0.15, 0.2) is 15.6 Å². The standard InChI is InChI=1S/C24H29N3O5S/c1-5-24(18-8-6-15(2)7-9-18)22(29)26(23(30)25-24)13-21(28)20-12-16(3)27(17(20)4)19-10-11-33(31,32)14-19/h6-9,12,19H,5,10-11,13-14H2,1-4H3,(H,25,30)/t19-,24-/m0/s1. The summed E-state index contributed by atoms with van der Waals surface area (Å²) in [4.78, 5) is 40.3. The van der Waals surface area contributed by atoms with Crippen LogP contribution in [0.4, 0.5) is 4.79 Å². The summed E-state index contributed by atoms with van der Waals surface area (Å²) in [5.41, 5.74) is 2.38. The van der Waals surface area contributed by atoms with E-state index in [0.29, 0.717) is 29.7 Å². The summed E-state index contributed by atoms with van der Waals surface area (Å²) in [6.07, 6.45) is 0.866. The van der Waals surface area contributed by atoms with Crippen LogP contribution >= 0.6 is 0 Å². The molecular weight excluding hydrogens is 442 g/mol. The van der Waals surface area contributed by atoms with E-state index in [1.54, 1.807) is 13.0 Å². The van der Waals surface area contributed by atoms with Crippen LogP contribution in [0.5, 0.6) is 0 Å². The number of aryl methyl sites for hydroxylation is 2. The highest BCUT2D eigenvalue weighted by Gasteiger charge is 2.51. The molecule has 2 atom stereocenters. The van der Waals surface area contributed by atoms with Gasteiger partial charge in [-0.3, -0.25) is 14.5 Å². The zero-order chi connectivity index (χ0) is 24.1. The number of amides is 3.